The normalized spacial score (nSPS) is 11.2. The molecule has 0 spiro atoms. The highest BCUT2D eigenvalue weighted by Gasteiger charge is 2.16. The lowest BCUT2D eigenvalue weighted by atomic mass is 10.2. The first-order valence-corrected chi connectivity index (χ1v) is 10.8. The minimum atomic E-state index is -0.353. The van der Waals surface area contributed by atoms with Gasteiger partial charge in [0.05, 0.1) is 22.3 Å². The van der Waals surface area contributed by atoms with Gasteiger partial charge in [-0.3, -0.25) is 19.5 Å². The topological polar surface area (TPSA) is 103 Å². The van der Waals surface area contributed by atoms with Gasteiger partial charge in [-0.1, -0.05) is 54.4 Å². The Kier molecular flexibility index (Phi) is 6.06. The molecule has 2 aromatic heterocycles. The molecule has 0 fully saturated rings. The Morgan fingerprint density at radius 2 is 1.90 bits per heavy atom. The van der Waals surface area contributed by atoms with Gasteiger partial charge < -0.3 is 4.42 Å². The van der Waals surface area contributed by atoms with Gasteiger partial charge in [-0.05, 0) is 36.4 Å². The molecule has 4 rings (SSSR count). The van der Waals surface area contributed by atoms with E-state index < -0.39 is 0 Å². The number of hydrogen-bond donors (Lipinski definition) is 1. The predicted molar refractivity (Wildman–Crippen MR) is 120 cm³/mol. The van der Waals surface area contributed by atoms with E-state index in [0.29, 0.717) is 32.7 Å². The molecule has 0 saturated heterocycles. The number of halogens is 1. The highest BCUT2D eigenvalue weighted by Crippen LogP contribution is 2.23. The van der Waals surface area contributed by atoms with Gasteiger partial charge >= 0.3 is 6.01 Å². The predicted octanol–water partition coefficient (Wildman–Crippen LogP) is 4.28. The molecule has 4 aromatic rings. The molecule has 0 saturated carbocycles. The van der Waals surface area contributed by atoms with Gasteiger partial charge in [0, 0.05) is 10.9 Å². The lowest BCUT2D eigenvalue weighted by molar-refractivity contribution is -0.113. The number of hydrogen-bond acceptors (Lipinski definition) is 7. The summed E-state index contributed by atoms with van der Waals surface area (Å²) >= 11 is 7.13. The first kappa shape index (κ1) is 21.1. The van der Waals surface area contributed by atoms with Crippen molar-refractivity contribution in [3.05, 3.63) is 69.8 Å². The maximum Gasteiger partial charge on any atom is 0.322 e. The number of carbonyl (C=O) groups is 1. The van der Waals surface area contributed by atoms with Crippen molar-refractivity contribution in [1.29, 1.82) is 0 Å². The van der Waals surface area contributed by atoms with Crippen molar-refractivity contribution in [2.24, 2.45) is 0 Å². The van der Waals surface area contributed by atoms with Crippen molar-refractivity contribution in [2.75, 3.05) is 11.1 Å². The number of para-hydroxylation sites is 1. The van der Waals surface area contributed by atoms with Gasteiger partial charge in [-0.15, -0.1) is 5.10 Å². The maximum absolute atomic E-state index is 13.2. The number of anilines is 1. The Hall–Kier alpha value is -3.17. The van der Waals surface area contributed by atoms with Crippen LogP contribution in [0.3, 0.4) is 0 Å². The second kappa shape index (κ2) is 8.91. The maximum atomic E-state index is 13.2. The van der Waals surface area contributed by atoms with E-state index in [2.05, 4.69) is 20.5 Å². The van der Waals surface area contributed by atoms with Crippen molar-refractivity contribution in [1.82, 2.24) is 19.7 Å². The smallest absolute Gasteiger partial charge is 0.322 e. The van der Waals surface area contributed by atoms with E-state index in [9.17, 15) is 9.59 Å². The molecule has 0 aliphatic rings. The molecule has 2 heterocycles. The van der Waals surface area contributed by atoms with Crippen LogP contribution in [0.15, 0.2) is 62.9 Å². The quantitative estimate of drug-likeness (QED) is 0.342. The van der Waals surface area contributed by atoms with E-state index in [-0.39, 0.29) is 29.2 Å². The zero-order valence-electron chi connectivity index (χ0n) is 16.7. The fraction of sp³-hybridized carbons (Fsp3) is 0.190. The highest BCUT2D eigenvalue weighted by atomic mass is 35.5. The first-order chi connectivity index (χ1) is 14.9. The van der Waals surface area contributed by atoms with Crippen molar-refractivity contribution < 1.29 is 9.21 Å². The molecular formula is C21H18ClN5O3S. The van der Waals surface area contributed by atoms with Crippen LogP contribution in [0, 0.1) is 0 Å². The van der Waals surface area contributed by atoms with Crippen molar-refractivity contribution in [3.63, 3.8) is 0 Å². The van der Waals surface area contributed by atoms with E-state index in [1.54, 1.807) is 42.5 Å². The number of thioether (sulfide) groups is 1. The van der Waals surface area contributed by atoms with Gasteiger partial charge in [0.15, 0.2) is 5.16 Å². The van der Waals surface area contributed by atoms with E-state index in [4.69, 9.17) is 16.0 Å². The zero-order chi connectivity index (χ0) is 22.0. The molecule has 8 nitrogen and oxygen atoms in total. The highest BCUT2D eigenvalue weighted by molar-refractivity contribution is 7.99. The number of nitrogens with one attached hydrogen (secondary N) is 1. The second-order valence-electron chi connectivity index (χ2n) is 6.97. The number of rotatable bonds is 6. The fourth-order valence-corrected chi connectivity index (χ4v) is 3.77. The van der Waals surface area contributed by atoms with Gasteiger partial charge in [-0.25, -0.2) is 4.98 Å². The molecule has 0 unspecified atom stereocenters. The number of nitrogens with zero attached hydrogens (tertiary/aromatic N) is 4. The zero-order valence-corrected chi connectivity index (χ0v) is 18.3. The van der Waals surface area contributed by atoms with E-state index in [1.807, 2.05) is 19.9 Å². The van der Waals surface area contributed by atoms with E-state index >= 15 is 0 Å². The Morgan fingerprint density at radius 1 is 1.16 bits per heavy atom. The van der Waals surface area contributed by atoms with Crippen LogP contribution in [0.25, 0.3) is 16.6 Å². The molecule has 0 radical (unpaired) electrons. The SMILES string of the molecule is CC(C)c1nnc(NC(=O)CSc2nc3ccccc3c(=O)n2-c2ccc(Cl)cc2)o1. The largest absolute Gasteiger partial charge is 0.408 e. The summed E-state index contributed by atoms with van der Waals surface area (Å²) < 4.78 is 6.87. The molecule has 0 aliphatic carbocycles. The molecule has 1 N–H and O–H groups in total. The minimum absolute atomic E-state index is 0.00222. The van der Waals surface area contributed by atoms with Crippen LogP contribution in [0.1, 0.15) is 25.7 Å². The average molecular weight is 456 g/mol. The third-order valence-corrected chi connectivity index (χ3v) is 5.53. The Morgan fingerprint density at radius 3 is 2.61 bits per heavy atom. The average Bonchev–Trinajstić information content (AvgIpc) is 3.22. The Balaban J connectivity index is 1.62. The molecule has 31 heavy (non-hydrogen) atoms. The van der Waals surface area contributed by atoms with Crippen molar-refractivity contribution in [3.8, 4) is 5.69 Å². The summed E-state index contributed by atoms with van der Waals surface area (Å²) in [4.78, 5) is 30.2. The van der Waals surface area contributed by atoms with Crippen LogP contribution in [0.2, 0.25) is 5.02 Å². The van der Waals surface area contributed by atoms with Crippen LogP contribution < -0.4 is 10.9 Å². The first-order valence-electron chi connectivity index (χ1n) is 9.46. The lowest BCUT2D eigenvalue weighted by Gasteiger charge is -2.13. The van der Waals surface area contributed by atoms with Crippen LogP contribution >= 0.6 is 23.4 Å². The fourth-order valence-electron chi connectivity index (χ4n) is 2.83. The Bertz CT molecular complexity index is 1300. The number of fused-ring (bicyclic) bond motifs is 1. The van der Waals surface area contributed by atoms with Crippen molar-refractivity contribution >= 4 is 46.2 Å². The molecular weight excluding hydrogens is 438 g/mol. The summed E-state index contributed by atoms with van der Waals surface area (Å²) in [6.07, 6.45) is 0. The molecule has 1 amide bonds. The number of benzene rings is 2. The molecule has 2 aromatic carbocycles. The van der Waals surface area contributed by atoms with Gasteiger partial charge in [0.1, 0.15) is 0 Å². The minimum Gasteiger partial charge on any atom is -0.408 e. The number of aromatic nitrogens is 4. The van der Waals surface area contributed by atoms with Gasteiger partial charge in [0.2, 0.25) is 11.8 Å². The molecule has 0 aliphatic heterocycles. The second-order valence-corrected chi connectivity index (χ2v) is 8.34. The molecule has 158 valence electrons. The summed E-state index contributed by atoms with van der Waals surface area (Å²) in [5.41, 5.74) is 0.933. The summed E-state index contributed by atoms with van der Waals surface area (Å²) in [5.74, 6) is 0.144. The molecule has 10 heteroatoms. The van der Waals surface area contributed by atoms with Crippen LogP contribution in [-0.2, 0) is 4.79 Å². The van der Waals surface area contributed by atoms with E-state index in [0.717, 1.165) is 11.8 Å². The van der Waals surface area contributed by atoms with Crippen LogP contribution in [0.5, 0.6) is 0 Å². The summed E-state index contributed by atoms with van der Waals surface area (Å²) in [7, 11) is 0. The molecule has 0 atom stereocenters. The summed E-state index contributed by atoms with van der Waals surface area (Å²) in [6, 6.07) is 14.0. The van der Waals surface area contributed by atoms with Gasteiger partial charge in [0.25, 0.3) is 5.56 Å². The standard InChI is InChI=1S/C21H18ClN5O3S/c1-12(2)18-25-26-20(30-18)24-17(28)11-31-21-23-16-6-4-3-5-15(16)19(29)27(21)14-9-7-13(22)8-10-14/h3-10,12H,11H2,1-2H3,(H,24,26,28). The monoisotopic (exact) mass is 455 g/mol. The Labute approximate surface area is 186 Å². The van der Waals surface area contributed by atoms with Crippen molar-refractivity contribution in [2.45, 2.75) is 24.9 Å². The summed E-state index contributed by atoms with van der Waals surface area (Å²) in [5, 5.41) is 11.7. The lowest BCUT2D eigenvalue weighted by Crippen LogP contribution is -2.23. The number of carbonyl (C=O) groups excluding carboxylic acids is 1. The third-order valence-electron chi connectivity index (χ3n) is 4.34. The van der Waals surface area contributed by atoms with Gasteiger partial charge in [-0.2, -0.15) is 0 Å². The third kappa shape index (κ3) is 4.62. The van der Waals surface area contributed by atoms with Crippen LogP contribution in [-0.4, -0.2) is 31.4 Å². The number of amides is 1. The van der Waals surface area contributed by atoms with E-state index in [1.165, 1.54) is 4.57 Å². The van der Waals surface area contributed by atoms with Crippen LogP contribution in [0.4, 0.5) is 6.01 Å². The molecule has 0 bridgehead atoms. The summed E-state index contributed by atoms with van der Waals surface area (Å²) in [6.45, 7) is 3.83.